The molecule has 1 fully saturated rings. The smallest absolute Gasteiger partial charge is 0.270 e. The van der Waals surface area contributed by atoms with E-state index in [1.807, 2.05) is 12.1 Å². The molecule has 2 aromatic carbocycles. The third-order valence-corrected chi connectivity index (χ3v) is 5.47. The highest BCUT2D eigenvalue weighted by atomic mass is 19.1. The maximum atomic E-state index is 13.9. The van der Waals surface area contributed by atoms with Gasteiger partial charge in [0.2, 0.25) is 5.91 Å². The van der Waals surface area contributed by atoms with Crippen LogP contribution in [-0.2, 0) is 4.79 Å². The topological polar surface area (TPSA) is 84.2 Å². The fourth-order valence-corrected chi connectivity index (χ4v) is 3.80. The number of amides is 2. The lowest BCUT2D eigenvalue weighted by atomic mass is 10.1. The molecule has 1 aliphatic carbocycles. The van der Waals surface area contributed by atoms with E-state index in [0.29, 0.717) is 39.9 Å². The van der Waals surface area contributed by atoms with E-state index in [0.717, 1.165) is 0 Å². The molecule has 154 valence electrons. The predicted octanol–water partition coefficient (Wildman–Crippen LogP) is 4.20. The van der Waals surface area contributed by atoms with Crippen LogP contribution in [0.4, 0.5) is 4.39 Å². The zero-order valence-corrected chi connectivity index (χ0v) is 16.3. The summed E-state index contributed by atoms with van der Waals surface area (Å²) in [4.78, 5) is 29.9. The van der Waals surface area contributed by atoms with E-state index in [1.165, 1.54) is 12.3 Å². The van der Waals surface area contributed by atoms with Crippen molar-refractivity contribution in [2.24, 2.45) is 5.92 Å². The largest absolute Gasteiger partial charge is 0.463 e. The summed E-state index contributed by atoms with van der Waals surface area (Å²) in [7, 11) is 0. The number of benzene rings is 2. The standard InChI is InChI=1S/C24H18FN3O3/c25-19-8-3-1-6-14(19)16-12-17(16)23(29)27-28-24(30)18-13-21(22-10-5-11-31-22)26-20-9-4-2-7-15(18)20/h1-11,13,16-17H,12H2,(H,27,29)(H,28,30). The van der Waals surface area contributed by atoms with Crippen molar-refractivity contribution < 1.29 is 18.4 Å². The molecule has 2 heterocycles. The van der Waals surface area contributed by atoms with Gasteiger partial charge in [-0.05, 0) is 48.2 Å². The summed E-state index contributed by atoms with van der Waals surface area (Å²) in [5.74, 6) is -1.14. The molecule has 2 amide bonds. The second-order valence-electron chi connectivity index (χ2n) is 7.46. The predicted molar refractivity (Wildman–Crippen MR) is 112 cm³/mol. The van der Waals surface area contributed by atoms with Crippen LogP contribution >= 0.6 is 0 Å². The van der Waals surface area contributed by atoms with Crippen LogP contribution in [-0.4, -0.2) is 16.8 Å². The van der Waals surface area contributed by atoms with Crippen LogP contribution in [0.15, 0.2) is 77.4 Å². The van der Waals surface area contributed by atoms with Crippen molar-refractivity contribution >= 4 is 22.7 Å². The van der Waals surface area contributed by atoms with Crippen LogP contribution < -0.4 is 10.9 Å². The van der Waals surface area contributed by atoms with Crippen LogP contribution in [0.3, 0.4) is 0 Å². The van der Waals surface area contributed by atoms with Crippen molar-refractivity contribution in [2.45, 2.75) is 12.3 Å². The van der Waals surface area contributed by atoms with Gasteiger partial charge >= 0.3 is 0 Å². The molecule has 0 radical (unpaired) electrons. The number of rotatable bonds is 4. The first kappa shape index (κ1) is 19.0. The number of nitrogens with zero attached hydrogens (tertiary/aromatic N) is 1. The number of hydrogen-bond donors (Lipinski definition) is 2. The molecule has 7 heteroatoms. The molecule has 4 aromatic rings. The van der Waals surface area contributed by atoms with Gasteiger partial charge in [-0.3, -0.25) is 20.4 Å². The van der Waals surface area contributed by atoms with E-state index in [2.05, 4.69) is 15.8 Å². The highest BCUT2D eigenvalue weighted by molar-refractivity contribution is 6.07. The maximum absolute atomic E-state index is 13.9. The second-order valence-corrected chi connectivity index (χ2v) is 7.46. The molecule has 31 heavy (non-hydrogen) atoms. The molecule has 0 aliphatic heterocycles. The average Bonchev–Trinajstić information content (AvgIpc) is 3.39. The first-order chi connectivity index (χ1) is 15.1. The average molecular weight is 415 g/mol. The molecule has 0 spiro atoms. The van der Waals surface area contributed by atoms with E-state index in [4.69, 9.17) is 4.42 Å². The molecule has 1 aliphatic rings. The number of para-hydroxylation sites is 1. The van der Waals surface area contributed by atoms with Gasteiger partial charge in [0.25, 0.3) is 5.91 Å². The van der Waals surface area contributed by atoms with Gasteiger partial charge < -0.3 is 4.42 Å². The summed E-state index contributed by atoms with van der Waals surface area (Å²) in [5.41, 5.74) is 6.99. The number of nitrogens with one attached hydrogen (secondary N) is 2. The molecular weight excluding hydrogens is 397 g/mol. The first-order valence-corrected chi connectivity index (χ1v) is 9.90. The minimum absolute atomic E-state index is 0.176. The van der Waals surface area contributed by atoms with Crippen molar-refractivity contribution in [1.29, 1.82) is 0 Å². The second kappa shape index (κ2) is 7.68. The van der Waals surface area contributed by atoms with Crippen molar-refractivity contribution in [1.82, 2.24) is 15.8 Å². The minimum atomic E-state index is -0.470. The Balaban J connectivity index is 1.33. The van der Waals surface area contributed by atoms with Crippen molar-refractivity contribution in [3.05, 3.63) is 89.9 Å². The lowest BCUT2D eigenvalue weighted by Gasteiger charge is -2.11. The highest BCUT2D eigenvalue weighted by Gasteiger charge is 2.45. The number of hydrogen-bond acceptors (Lipinski definition) is 4. The Labute approximate surface area is 177 Å². The van der Waals surface area contributed by atoms with Crippen LogP contribution in [0.5, 0.6) is 0 Å². The Bertz CT molecular complexity index is 1290. The molecule has 2 aromatic heterocycles. The molecule has 2 atom stereocenters. The molecule has 5 rings (SSSR count). The molecule has 1 saturated carbocycles. The fourth-order valence-electron chi connectivity index (χ4n) is 3.80. The third-order valence-electron chi connectivity index (χ3n) is 5.47. The van der Waals surface area contributed by atoms with E-state index >= 15 is 0 Å². The Kier molecular flexibility index (Phi) is 4.71. The Hall–Kier alpha value is -4.00. The zero-order chi connectivity index (χ0) is 21.4. The van der Waals surface area contributed by atoms with Crippen LogP contribution in [0.2, 0.25) is 0 Å². The summed E-state index contributed by atoms with van der Waals surface area (Å²) in [5, 5.41) is 0.653. The van der Waals surface area contributed by atoms with Crippen LogP contribution in [0, 0.1) is 11.7 Å². The number of aromatic nitrogens is 1. The Morgan fingerprint density at radius 3 is 2.61 bits per heavy atom. The van der Waals surface area contributed by atoms with Gasteiger partial charge in [-0.15, -0.1) is 0 Å². The van der Waals surface area contributed by atoms with Gasteiger partial charge in [0, 0.05) is 11.3 Å². The third kappa shape index (κ3) is 3.66. The van der Waals surface area contributed by atoms with Gasteiger partial charge in [0.1, 0.15) is 11.5 Å². The minimum Gasteiger partial charge on any atom is -0.463 e. The van der Waals surface area contributed by atoms with E-state index < -0.39 is 5.91 Å². The number of fused-ring (bicyclic) bond motifs is 1. The number of carbonyl (C=O) groups excluding carboxylic acids is 2. The number of halogens is 1. The lowest BCUT2D eigenvalue weighted by Crippen LogP contribution is -2.42. The summed E-state index contributed by atoms with van der Waals surface area (Å²) in [6, 6.07) is 18.8. The molecule has 6 nitrogen and oxygen atoms in total. The first-order valence-electron chi connectivity index (χ1n) is 9.90. The highest BCUT2D eigenvalue weighted by Crippen LogP contribution is 2.48. The number of hydrazine groups is 1. The van der Waals surface area contributed by atoms with Crippen LogP contribution in [0.25, 0.3) is 22.4 Å². The van der Waals surface area contributed by atoms with E-state index in [1.54, 1.807) is 48.5 Å². The van der Waals surface area contributed by atoms with Gasteiger partial charge in [-0.2, -0.15) is 0 Å². The van der Waals surface area contributed by atoms with Gasteiger partial charge in [0.15, 0.2) is 5.76 Å². The number of furan rings is 1. The Morgan fingerprint density at radius 1 is 1.00 bits per heavy atom. The summed E-state index contributed by atoms with van der Waals surface area (Å²) in [6.45, 7) is 0. The lowest BCUT2D eigenvalue weighted by molar-refractivity contribution is -0.123. The number of carbonyl (C=O) groups is 2. The molecule has 2 N–H and O–H groups in total. The molecule has 0 bridgehead atoms. The SMILES string of the molecule is O=C(NNC(=O)C1CC1c1ccccc1F)c1cc(-c2ccco2)nc2ccccc12. The molecule has 2 unspecified atom stereocenters. The van der Waals surface area contributed by atoms with Crippen molar-refractivity contribution in [2.75, 3.05) is 0 Å². The summed E-state index contributed by atoms with van der Waals surface area (Å²) in [6.07, 6.45) is 2.08. The van der Waals surface area contributed by atoms with Crippen LogP contribution in [0.1, 0.15) is 28.3 Å². The van der Waals surface area contributed by atoms with Gasteiger partial charge in [-0.1, -0.05) is 36.4 Å². The van der Waals surface area contributed by atoms with Gasteiger partial charge in [0.05, 0.1) is 17.3 Å². The normalized spacial score (nSPS) is 17.3. The van der Waals surface area contributed by atoms with Gasteiger partial charge in [-0.25, -0.2) is 9.37 Å². The van der Waals surface area contributed by atoms with Crippen molar-refractivity contribution in [3.8, 4) is 11.5 Å². The molecule has 0 saturated heterocycles. The zero-order valence-electron chi connectivity index (χ0n) is 16.3. The maximum Gasteiger partial charge on any atom is 0.270 e. The number of pyridine rings is 1. The summed E-state index contributed by atoms with van der Waals surface area (Å²) >= 11 is 0. The van der Waals surface area contributed by atoms with Crippen molar-refractivity contribution in [3.63, 3.8) is 0 Å². The molecular formula is C24H18FN3O3. The van der Waals surface area contributed by atoms with E-state index in [-0.39, 0.29) is 23.6 Å². The fraction of sp³-hybridized carbons (Fsp3) is 0.125. The van der Waals surface area contributed by atoms with E-state index in [9.17, 15) is 14.0 Å². The summed E-state index contributed by atoms with van der Waals surface area (Å²) < 4.78 is 19.4. The Morgan fingerprint density at radius 2 is 1.81 bits per heavy atom. The quantitative estimate of drug-likeness (QED) is 0.490. The monoisotopic (exact) mass is 415 g/mol.